The molecule has 0 radical (unpaired) electrons. The van der Waals surface area contributed by atoms with Gasteiger partial charge in [0.25, 0.3) is 0 Å². The summed E-state index contributed by atoms with van der Waals surface area (Å²) >= 11 is 0. The van der Waals surface area contributed by atoms with Gasteiger partial charge in [-0.1, -0.05) is 25.1 Å². The summed E-state index contributed by atoms with van der Waals surface area (Å²) in [7, 11) is 0. The number of rotatable bonds is 3. The molecule has 1 atom stereocenters. The number of aromatic nitrogens is 3. The van der Waals surface area contributed by atoms with E-state index >= 15 is 0 Å². The van der Waals surface area contributed by atoms with Gasteiger partial charge in [-0.05, 0) is 11.6 Å². The molecule has 2 aromatic rings. The van der Waals surface area contributed by atoms with Crippen molar-refractivity contribution < 1.29 is 4.52 Å². The highest BCUT2D eigenvalue weighted by Crippen LogP contribution is 2.18. The zero-order valence-corrected chi connectivity index (χ0v) is 9.29. The van der Waals surface area contributed by atoms with E-state index in [1.165, 1.54) is 0 Å². The van der Waals surface area contributed by atoms with Crippen molar-refractivity contribution >= 4 is 0 Å². The molecule has 0 saturated heterocycles. The van der Waals surface area contributed by atoms with Crippen LogP contribution in [0.25, 0.3) is 0 Å². The molecule has 2 heterocycles. The molecule has 0 aliphatic heterocycles. The van der Waals surface area contributed by atoms with E-state index in [0.717, 1.165) is 5.56 Å². The Bertz CT molecular complexity index is 452. The normalized spacial score (nSPS) is 13.0. The summed E-state index contributed by atoms with van der Waals surface area (Å²) < 4.78 is 5.11. The summed E-state index contributed by atoms with van der Waals surface area (Å²) in [4.78, 5) is 8.26. The lowest BCUT2D eigenvalue weighted by molar-refractivity contribution is 0.359. The van der Waals surface area contributed by atoms with Crippen LogP contribution >= 0.6 is 0 Å². The molecule has 0 saturated carbocycles. The molecule has 2 N–H and O–H groups in total. The summed E-state index contributed by atoms with van der Waals surface area (Å²) in [6.07, 6.45) is 3.40. The van der Waals surface area contributed by atoms with E-state index in [2.05, 4.69) is 15.1 Å². The van der Waals surface area contributed by atoms with Crippen LogP contribution in [0, 0.1) is 0 Å². The Morgan fingerprint density at radius 1 is 1.38 bits per heavy atom. The van der Waals surface area contributed by atoms with Crippen molar-refractivity contribution in [1.29, 1.82) is 0 Å². The minimum Gasteiger partial charge on any atom is -0.339 e. The molecule has 2 aromatic heterocycles. The smallest absolute Gasteiger partial charge is 0.229 e. The van der Waals surface area contributed by atoms with E-state index in [-0.39, 0.29) is 12.0 Å². The Balaban J connectivity index is 2.24. The van der Waals surface area contributed by atoms with Crippen LogP contribution in [0.1, 0.15) is 43.1 Å². The first-order valence-electron chi connectivity index (χ1n) is 5.17. The molecule has 0 spiro atoms. The molecule has 0 amide bonds. The largest absolute Gasteiger partial charge is 0.339 e. The third kappa shape index (κ3) is 2.09. The Morgan fingerprint density at radius 3 is 2.75 bits per heavy atom. The van der Waals surface area contributed by atoms with E-state index < -0.39 is 0 Å². The second-order valence-electron chi connectivity index (χ2n) is 3.91. The molecule has 0 aliphatic carbocycles. The third-order valence-electron chi connectivity index (χ3n) is 2.27. The second-order valence-corrected chi connectivity index (χ2v) is 3.91. The van der Waals surface area contributed by atoms with Gasteiger partial charge in [-0.15, -0.1) is 0 Å². The van der Waals surface area contributed by atoms with Crippen LogP contribution in [-0.2, 0) is 0 Å². The van der Waals surface area contributed by atoms with Gasteiger partial charge in [0.2, 0.25) is 5.89 Å². The molecule has 0 aromatic carbocycles. The van der Waals surface area contributed by atoms with E-state index in [9.17, 15) is 0 Å². The fourth-order valence-electron chi connectivity index (χ4n) is 1.32. The van der Waals surface area contributed by atoms with Gasteiger partial charge in [0.15, 0.2) is 5.82 Å². The van der Waals surface area contributed by atoms with Gasteiger partial charge in [0.05, 0.1) is 6.04 Å². The van der Waals surface area contributed by atoms with Gasteiger partial charge in [0.1, 0.15) is 0 Å². The Kier molecular flexibility index (Phi) is 2.96. The van der Waals surface area contributed by atoms with Crippen molar-refractivity contribution in [2.24, 2.45) is 5.73 Å². The van der Waals surface area contributed by atoms with Crippen molar-refractivity contribution in [2.45, 2.75) is 25.8 Å². The number of nitrogens with zero attached hydrogens (tertiary/aromatic N) is 3. The second kappa shape index (κ2) is 4.40. The minimum atomic E-state index is -0.384. The fourth-order valence-corrected chi connectivity index (χ4v) is 1.32. The van der Waals surface area contributed by atoms with Gasteiger partial charge in [-0.25, -0.2) is 0 Å². The molecular formula is C11H14N4O. The van der Waals surface area contributed by atoms with Crippen LogP contribution in [-0.4, -0.2) is 15.1 Å². The molecule has 16 heavy (non-hydrogen) atoms. The van der Waals surface area contributed by atoms with Gasteiger partial charge < -0.3 is 10.3 Å². The zero-order valence-electron chi connectivity index (χ0n) is 9.29. The van der Waals surface area contributed by atoms with E-state index in [4.69, 9.17) is 10.3 Å². The maximum Gasteiger partial charge on any atom is 0.229 e. The van der Waals surface area contributed by atoms with Crippen LogP contribution in [0.2, 0.25) is 0 Å². The number of nitrogens with two attached hydrogens (primary N) is 1. The summed E-state index contributed by atoms with van der Waals surface area (Å²) in [6, 6.07) is 3.34. The highest BCUT2D eigenvalue weighted by Gasteiger charge is 2.17. The van der Waals surface area contributed by atoms with Crippen molar-refractivity contribution in [1.82, 2.24) is 15.1 Å². The minimum absolute atomic E-state index is 0.211. The lowest BCUT2D eigenvalue weighted by Gasteiger charge is -2.05. The van der Waals surface area contributed by atoms with Crippen molar-refractivity contribution in [3.8, 4) is 0 Å². The molecule has 84 valence electrons. The average Bonchev–Trinajstić information content (AvgIpc) is 2.78. The van der Waals surface area contributed by atoms with Gasteiger partial charge in [0, 0.05) is 18.3 Å². The summed E-state index contributed by atoms with van der Waals surface area (Å²) in [6.45, 7) is 3.99. The average molecular weight is 218 g/mol. The monoisotopic (exact) mass is 218 g/mol. The van der Waals surface area contributed by atoms with Gasteiger partial charge in [-0.2, -0.15) is 4.98 Å². The van der Waals surface area contributed by atoms with Crippen LogP contribution in [0.5, 0.6) is 0 Å². The Labute approximate surface area is 93.7 Å². The first-order valence-corrected chi connectivity index (χ1v) is 5.17. The van der Waals surface area contributed by atoms with Crippen molar-refractivity contribution in [3.05, 3.63) is 41.8 Å². The van der Waals surface area contributed by atoms with Crippen LogP contribution in [0.15, 0.2) is 29.0 Å². The first kappa shape index (κ1) is 10.8. The summed E-state index contributed by atoms with van der Waals surface area (Å²) in [5.74, 6) is 1.31. The molecule has 0 bridgehead atoms. The molecule has 5 heteroatoms. The number of pyridine rings is 1. The topological polar surface area (TPSA) is 77.8 Å². The highest BCUT2D eigenvalue weighted by molar-refractivity contribution is 5.20. The number of hydrogen-bond donors (Lipinski definition) is 1. The quantitative estimate of drug-likeness (QED) is 0.847. The summed E-state index contributed by atoms with van der Waals surface area (Å²) in [5.41, 5.74) is 6.88. The third-order valence-corrected chi connectivity index (χ3v) is 2.27. The Morgan fingerprint density at radius 2 is 2.19 bits per heavy atom. The maximum atomic E-state index is 6.00. The lowest BCUT2D eigenvalue weighted by atomic mass is 10.1. The SMILES string of the molecule is CC(C)c1nc(C(N)c2cccnc2)no1. The van der Waals surface area contributed by atoms with Gasteiger partial charge >= 0.3 is 0 Å². The predicted molar refractivity (Wildman–Crippen MR) is 58.7 cm³/mol. The maximum absolute atomic E-state index is 6.00. The zero-order chi connectivity index (χ0) is 11.5. The Hall–Kier alpha value is -1.75. The lowest BCUT2D eigenvalue weighted by Crippen LogP contribution is -2.13. The van der Waals surface area contributed by atoms with Crippen LogP contribution in [0.3, 0.4) is 0 Å². The standard InChI is InChI=1S/C11H14N4O/c1-7(2)11-14-10(15-16-11)9(12)8-4-3-5-13-6-8/h3-7,9H,12H2,1-2H3. The predicted octanol–water partition coefficient (Wildman–Crippen LogP) is 1.64. The van der Waals surface area contributed by atoms with Gasteiger partial charge in [-0.3, -0.25) is 4.98 Å². The van der Waals surface area contributed by atoms with E-state index in [1.54, 1.807) is 12.4 Å². The first-order chi connectivity index (χ1) is 7.68. The van der Waals surface area contributed by atoms with E-state index in [1.807, 2.05) is 26.0 Å². The number of hydrogen-bond acceptors (Lipinski definition) is 5. The molecule has 1 unspecified atom stereocenters. The molecule has 5 nitrogen and oxygen atoms in total. The van der Waals surface area contributed by atoms with Crippen molar-refractivity contribution in [2.75, 3.05) is 0 Å². The van der Waals surface area contributed by atoms with Crippen LogP contribution in [0.4, 0.5) is 0 Å². The van der Waals surface area contributed by atoms with Crippen LogP contribution < -0.4 is 5.73 Å². The molecule has 0 aliphatic rings. The molecule has 0 fully saturated rings. The molecule has 2 rings (SSSR count). The van der Waals surface area contributed by atoms with Crippen molar-refractivity contribution in [3.63, 3.8) is 0 Å². The fraction of sp³-hybridized carbons (Fsp3) is 0.364. The van der Waals surface area contributed by atoms with E-state index in [0.29, 0.717) is 11.7 Å². The summed E-state index contributed by atoms with van der Waals surface area (Å²) in [5, 5.41) is 3.87. The molecular weight excluding hydrogens is 204 g/mol. The highest BCUT2D eigenvalue weighted by atomic mass is 16.5.